The lowest BCUT2D eigenvalue weighted by Gasteiger charge is -2.29. The van der Waals surface area contributed by atoms with E-state index in [1.165, 1.54) is 12.1 Å². The van der Waals surface area contributed by atoms with Gasteiger partial charge in [-0.05, 0) is 36.4 Å². The lowest BCUT2D eigenvalue weighted by molar-refractivity contribution is 0.586. The van der Waals surface area contributed by atoms with Gasteiger partial charge in [0.25, 0.3) is 0 Å². The standard InChI is InChI=1S/C20H17ClFN3O2S/c21-19-13-23-6-5-17(19)18-11-16(25-7-9-28(26,27)10-8-25)12-24-20(18)14-1-3-15(22)4-2-14/h1-6,11-13H,7-10H2. The zero-order valence-electron chi connectivity index (χ0n) is 14.8. The maximum atomic E-state index is 13.4. The Hall–Kier alpha value is -2.51. The van der Waals surface area contributed by atoms with Crippen LogP contribution in [0.3, 0.4) is 0 Å². The van der Waals surface area contributed by atoms with Crippen LogP contribution in [0.1, 0.15) is 0 Å². The maximum absolute atomic E-state index is 13.4. The molecule has 0 saturated carbocycles. The Morgan fingerprint density at radius 3 is 2.39 bits per heavy atom. The summed E-state index contributed by atoms with van der Waals surface area (Å²) >= 11 is 6.38. The Labute approximate surface area is 167 Å². The molecule has 1 aromatic carbocycles. The fourth-order valence-electron chi connectivity index (χ4n) is 3.23. The van der Waals surface area contributed by atoms with Crippen molar-refractivity contribution >= 4 is 27.1 Å². The van der Waals surface area contributed by atoms with Crippen molar-refractivity contribution in [3.05, 3.63) is 65.8 Å². The minimum absolute atomic E-state index is 0.123. The van der Waals surface area contributed by atoms with Gasteiger partial charge in [-0.2, -0.15) is 0 Å². The molecule has 28 heavy (non-hydrogen) atoms. The van der Waals surface area contributed by atoms with Gasteiger partial charge < -0.3 is 4.90 Å². The number of nitrogens with zero attached hydrogens (tertiary/aromatic N) is 3. The first-order valence-corrected chi connectivity index (χ1v) is 10.9. The Balaban J connectivity index is 1.81. The fourth-order valence-corrected chi connectivity index (χ4v) is 4.66. The van der Waals surface area contributed by atoms with Crippen molar-refractivity contribution in [1.82, 2.24) is 9.97 Å². The van der Waals surface area contributed by atoms with E-state index in [2.05, 4.69) is 9.97 Å². The van der Waals surface area contributed by atoms with Crippen LogP contribution in [0.15, 0.2) is 55.0 Å². The molecule has 0 bridgehead atoms. The molecule has 1 fully saturated rings. The number of rotatable bonds is 3. The van der Waals surface area contributed by atoms with Crippen molar-refractivity contribution in [3.8, 4) is 22.4 Å². The highest BCUT2D eigenvalue weighted by Crippen LogP contribution is 2.36. The van der Waals surface area contributed by atoms with E-state index in [1.807, 2.05) is 11.0 Å². The van der Waals surface area contributed by atoms with E-state index in [0.717, 1.165) is 22.4 Å². The van der Waals surface area contributed by atoms with Crippen molar-refractivity contribution in [2.24, 2.45) is 0 Å². The van der Waals surface area contributed by atoms with E-state index in [1.54, 1.807) is 36.8 Å². The van der Waals surface area contributed by atoms with Crippen LogP contribution in [0.5, 0.6) is 0 Å². The summed E-state index contributed by atoms with van der Waals surface area (Å²) in [6.45, 7) is 0.840. The third kappa shape index (κ3) is 3.86. The van der Waals surface area contributed by atoms with E-state index in [0.29, 0.717) is 23.8 Å². The number of hydrogen-bond acceptors (Lipinski definition) is 5. The molecule has 0 spiro atoms. The molecule has 3 aromatic rings. The summed E-state index contributed by atoms with van der Waals surface area (Å²) in [7, 11) is -2.97. The highest BCUT2D eigenvalue weighted by atomic mass is 35.5. The van der Waals surface area contributed by atoms with Gasteiger partial charge in [-0.3, -0.25) is 9.97 Å². The molecule has 5 nitrogen and oxygen atoms in total. The Kier molecular flexibility index (Phi) is 5.03. The first-order chi connectivity index (χ1) is 13.4. The van der Waals surface area contributed by atoms with E-state index in [9.17, 15) is 12.8 Å². The maximum Gasteiger partial charge on any atom is 0.153 e. The van der Waals surface area contributed by atoms with Crippen LogP contribution >= 0.6 is 11.6 Å². The SMILES string of the molecule is O=S1(=O)CCN(c2cnc(-c3ccc(F)cc3)c(-c3ccncc3Cl)c2)CC1. The lowest BCUT2D eigenvalue weighted by Crippen LogP contribution is -2.40. The second kappa shape index (κ2) is 7.48. The Bertz CT molecular complexity index is 1110. The molecule has 1 aliphatic rings. The van der Waals surface area contributed by atoms with Crippen LogP contribution in [0.25, 0.3) is 22.4 Å². The molecule has 3 heterocycles. The number of anilines is 1. The molecule has 8 heteroatoms. The third-order valence-corrected chi connectivity index (χ3v) is 6.67. The number of halogens is 2. The van der Waals surface area contributed by atoms with Gasteiger partial charge in [-0.15, -0.1) is 0 Å². The summed E-state index contributed by atoms with van der Waals surface area (Å²) in [4.78, 5) is 10.6. The molecular weight excluding hydrogens is 401 g/mol. The van der Waals surface area contributed by atoms with Gasteiger partial charge in [0.2, 0.25) is 0 Å². The summed E-state index contributed by atoms with van der Waals surface area (Å²) < 4.78 is 36.8. The van der Waals surface area contributed by atoms with Gasteiger partial charge in [0.1, 0.15) is 5.82 Å². The second-order valence-electron chi connectivity index (χ2n) is 6.59. The largest absolute Gasteiger partial charge is 0.368 e. The zero-order valence-corrected chi connectivity index (χ0v) is 16.4. The number of benzene rings is 1. The van der Waals surface area contributed by atoms with E-state index in [-0.39, 0.29) is 17.3 Å². The van der Waals surface area contributed by atoms with Crippen LogP contribution in [0, 0.1) is 5.82 Å². The van der Waals surface area contributed by atoms with Crippen molar-refractivity contribution in [3.63, 3.8) is 0 Å². The van der Waals surface area contributed by atoms with Crippen molar-refractivity contribution in [2.45, 2.75) is 0 Å². The highest BCUT2D eigenvalue weighted by Gasteiger charge is 2.23. The van der Waals surface area contributed by atoms with Crippen molar-refractivity contribution in [2.75, 3.05) is 29.5 Å². The molecular formula is C20H17ClFN3O2S. The Morgan fingerprint density at radius 2 is 1.71 bits per heavy atom. The van der Waals surface area contributed by atoms with Gasteiger partial charge >= 0.3 is 0 Å². The zero-order chi connectivity index (χ0) is 19.7. The van der Waals surface area contributed by atoms with Gasteiger partial charge in [0.15, 0.2) is 9.84 Å². The first-order valence-electron chi connectivity index (χ1n) is 8.74. The smallest absolute Gasteiger partial charge is 0.153 e. The van der Waals surface area contributed by atoms with Gasteiger partial charge in [-0.1, -0.05) is 11.6 Å². The molecule has 2 aromatic heterocycles. The van der Waals surface area contributed by atoms with Crippen LogP contribution in [0.2, 0.25) is 5.02 Å². The molecule has 0 unspecified atom stereocenters. The average molecular weight is 418 g/mol. The summed E-state index contributed by atoms with van der Waals surface area (Å²) in [5, 5.41) is 0.478. The number of sulfone groups is 1. The Morgan fingerprint density at radius 1 is 1.00 bits per heavy atom. The minimum Gasteiger partial charge on any atom is -0.368 e. The number of hydrogen-bond donors (Lipinski definition) is 0. The monoisotopic (exact) mass is 417 g/mol. The summed E-state index contributed by atoms with van der Waals surface area (Å²) in [6, 6.07) is 9.87. The van der Waals surface area contributed by atoms with Crippen molar-refractivity contribution in [1.29, 1.82) is 0 Å². The predicted molar refractivity (Wildman–Crippen MR) is 109 cm³/mol. The van der Waals surface area contributed by atoms with Crippen LogP contribution < -0.4 is 4.90 Å². The van der Waals surface area contributed by atoms with Crippen molar-refractivity contribution < 1.29 is 12.8 Å². The molecule has 1 saturated heterocycles. The predicted octanol–water partition coefficient (Wildman–Crippen LogP) is 3.84. The molecule has 0 atom stereocenters. The molecule has 0 N–H and O–H groups in total. The second-order valence-corrected chi connectivity index (χ2v) is 9.30. The fraction of sp³-hybridized carbons (Fsp3) is 0.200. The van der Waals surface area contributed by atoms with Gasteiger partial charge in [0, 0.05) is 42.2 Å². The highest BCUT2D eigenvalue weighted by molar-refractivity contribution is 7.91. The molecule has 1 aliphatic heterocycles. The molecule has 0 radical (unpaired) electrons. The first kappa shape index (κ1) is 18.8. The minimum atomic E-state index is -2.97. The van der Waals surface area contributed by atoms with E-state index >= 15 is 0 Å². The van der Waals surface area contributed by atoms with Gasteiger partial charge in [0.05, 0.1) is 34.1 Å². The lowest BCUT2D eigenvalue weighted by atomic mass is 9.99. The molecule has 4 rings (SSSR count). The van der Waals surface area contributed by atoms with Crippen LogP contribution in [0.4, 0.5) is 10.1 Å². The topological polar surface area (TPSA) is 63.2 Å². The van der Waals surface area contributed by atoms with Crippen LogP contribution in [-0.2, 0) is 9.84 Å². The van der Waals surface area contributed by atoms with E-state index in [4.69, 9.17) is 11.6 Å². The average Bonchev–Trinajstić information content (AvgIpc) is 2.69. The molecule has 144 valence electrons. The molecule has 0 aliphatic carbocycles. The van der Waals surface area contributed by atoms with Crippen LogP contribution in [-0.4, -0.2) is 43.0 Å². The summed E-state index contributed by atoms with van der Waals surface area (Å²) in [5.74, 6) is -0.0748. The summed E-state index contributed by atoms with van der Waals surface area (Å²) in [6.07, 6.45) is 4.93. The summed E-state index contributed by atoms with van der Waals surface area (Å²) in [5.41, 5.74) is 3.79. The normalized spacial score (nSPS) is 16.1. The quantitative estimate of drug-likeness (QED) is 0.648. The number of aromatic nitrogens is 2. The molecule has 0 amide bonds. The third-order valence-electron chi connectivity index (χ3n) is 4.76. The van der Waals surface area contributed by atoms with Gasteiger partial charge in [-0.25, -0.2) is 12.8 Å². The van der Waals surface area contributed by atoms with E-state index < -0.39 is 9.84 Å². The number of pyridine rings is 2.